The third-order valence-electron chi connectivity index (χ3n) is 4.61. The predicted molar refractivity (Wildman–Crippen MR) is 112 cm³/mol. The lowest BCUT2D eigenvalue weighted by molar-refractivity contribution is -0.122. The highest BCUT2D eigenvalue weighted by molar-refractivity contribution is 7.99. The molecule has 0 aliphatic heterocycles. The number of nitrogens with two attached hydrogens (primary N) is 1. The fourth-order valence-electron chi connectivity index (χ4n) is 3.07. The number of carbonyl (C=O) groups is 2. The predicted octanol–water partition coefficient (Wildman–Crippen LogP) is 2.75. The third-order valence-corrected chi connectivity index (χ3v) is 5.59. The SMILES string of the molecule is CCn1c(SCC(=O)NC[C@@H](Cc2ccc(F)cc2)C(N)=O)nc2ccccc21. The van der Waals surface area contributed by atoms with Crippen molar-refractivity contribution in [3.8, 4) is 0 Å². The summed E-state index contributed by atoms with van der Waals surface area (Å²) < 4.78 is 15.1. The zero-order valence-electron chi connectivity index (χ0n) is 16.1. The summed E-state index contributed by atoms with van der Waals surface area (Å²) in [7, 11) is 0. The van der Waals surface area contributed by atoms with E-state index in [9.17, 15) is 14.0 Å². The summed E-state index contributed by atoms with van der Waals surface area (Å²) in [6.07, 6.45) is 0.342. The van der Waals surface area contributed by atoms with Crippen LogP contribution in [0.1, 0.15) is 12.5 Å². The number of hydrogen-bond acceptors (Lipinski definition) is 4. The minimum Gasteiger partial charge on any atom is -0.369 e. The molecule has 3 rings (SSSR count). The Morgan fingerprint density at radius 2 is 1.93 bits per heavy atom. The number of amides is 2. The van der Waals surface area contributed by atoms with Gasteiger partial charge in [-0.3, -0.25) is 9.59 Å². The van der Waals surface area contributed by atoms with Gasteiger partial charge in [0.2, 0.25) is 11.8 Å². The molecule has 0 unspecified atom stereocenters. The number of rotatable bonds is 9. The van der Waals surface area contributed by atoms with Crippen molar-refractivity contribution in [2.45, 2.75) is 25.0 Å². The Labute approximate surface area is 172 Å². The summed E-state index contributed by atoms with van der Waals surface area (Å²) in [4.78, 5) is 28.6. The van der Waals surface area contributed by atoms with Gasteiger partial charge in [-0.05, 0) is 43.2 Å². The van der Waals surface area contributed by atoms with Gasteiger partial charge in [0.15, 0.2) is 5.16 Å². The molecule has 2 aromatic carbocycles. The first-order valence-electron chi connectivity index (χ1n) is 9.36. The van der Waals surface area contributed by atoms with Crippen molar-refractivity contribution in [2.75, 3.05) is 12.3 Å². The molecule has 2 amide bonds. The molecule has 1 aromatic heterocycles. The first-order valence-corrected chi connectivity index (χ1v) is 10.3. The number of fused-ring (bicyclic) bond motifs is 1. The number of para-hydroxylation sites is 2. The van der Waals surface area contributed by atoms with Crippen LogP contribution in [0.2, 0.25) is 0 Å². The van der Waals surface area contributed by atoms with E-state index in [1.807, 2.05) is 31.2 Å². The van der Waals surface area contributed by atoms with Crippen molar-refractivity contribution < 1.29 is 14.0 Å². The number of aryl methyl sites for hydroxylation is 1. The van der Waals surface area contributed by atoms with Crippen LogP contribution in [0.25, 0.3) is 11.0 Å². The number of hydrogen-bond donors (Lipinski definition) is 2. The van der Waals surface area contributed by atoms with Crippen LogP contribution in [0.5, 0.6) is 0 Å². The number of primary amides is 1. The Balaban J connectivity index is 1.56. The third kappa shape index (κ3) is 5.35. The molecule has 0 aliphatic rings. The number of nitrogens with one attached hydrogen (secondary N) is 1. The van der Waals surface area contributed by atoms with Crippen LogP contribution in [0.4, 0.5) is 4.39 Å². The number of nitrogens with zero attached hydrogens (tertiary/aromatic N) is 2. The Hall–Kier alpha value is -2.87. The van der Waals surface area contributed by atoms with Crippen molar-refractivity contribution in [2.24, 2.45) is 11.7 Å². The summed E-state index contributed by atoms with van der Waals surface area (Å²) in [5, 5.41) is 3.54. The summed E-state index contributed by atoms with van der Waals surface area (Å²) >= 11 is 1.35. The standard InChI is InChI=1S/C21H23FN4O2S/c1-2-26-18-6-4-3-5-17(18)25-21(26)29-13-19(27)24-12-15(20(23)28)11-14-7-9-16(22)10-8-14/h3-10,15H,2,11-13H2,1H3,(H2,23,28)(H,24,27)/t15-/m1/s1. The minimum absolute atomic E-state index is 0.135. The molecule has 29 heavy (non-hydrogen) atoms. The van der Waals surface area contributed by atoms with Crippen LogP contribution in [-0.4, -0.2) is 33.7 Å². The van der Waals surface area contributed by atoms with E-state index in [4.69, 9.17) is 5.73 Å². The fraction of sp³-hybridized carbons (Fsp3) is 0.286. The van der Waals surface area contributed by atoms with Crippen LogP contribution < -0.4 is 11.1 Å². The largest absolute Gasteiger partial charge is 0.369 e. The normalized spacial score (nSPS) is 12.1. The molecule has 152 valence electrons. The van der Waals surface area contributed by atoms with Gasteiger partial charge in [0.1, 0.15) is 5.82 Å². The van der Waals surface area contributed by atoms with Crippen LogP contribution in [0, 0.1) is 11.7 Å². The van der Waals surface area contributed by atoms with E-state index < -0.39 is 11.8 Å². The van der Waals surface area contributed by atoms with Gasteiger partial charge < -0.3 is 15.6 Å². The number of aromatic nitrogens is 2. The van der Waals surface area contributed by atoms with Gasteiger partial charge in [-0.15, -0.1) is 0 Å². The topological polar surface area (TPSA) is 90.0 Å². The molecule has 0 radical (unpaired) electrons. The van der Waals surface area contributed by atoms with Gasteiger partial charge in [-0.2, -0.15) is 0 Å². The second-order valence-corrected chi connectivity index (χ2v) is 7.59. The second kappa shape index (κ2) is 9.56. The molecule has 0 fully saturated rings. The lowest BCUT2D eigenvalue weighted by atomic mass is 9.98. The monoisotopic (exact) mass is 414 g/mol. The summed E-state index contributed by atoms with van der Waals surface area (Å²) in [6, 6.07) is 13.7. The highest BCUT2D eigenvalue weighted by Gasteiger charge is 2.18. The molecule has 0 aliphatic carbocycles. The number of imidazole rings is 1. The number of carbonyl (C=O) groups excluding carboxylic acids is 2. The van der Waals surface area contributed by atoms with Crippen molar-refractivity contribution >= 4 is 34.6 Å². The Morgan fingerprint density at radius 3 is 2.62 bits per heavy atom. The maximum atomic E-state index is 13.0. The molecule has 6 nitrogen and oxygen atoms in total. The number of halogens is 1. The zero-order valence-corrected chi connectivity index (χ0v) is 16.9. The van der Waals surface area contributed by atoms with Crippen LogP contribution in [0.15, 0.2) is 53.7 Å². The number of thioether (sulfide) groups is 1. The highest BCUT2D eigenvalue weighted by atomic mass is 32.2. The molecular weight excluding hydrogens is 391 g/mol. The van der Waals surface area contributed by atoms with E-state index in [-0.39, 0.29) is 24.0 Å². The molecular formula is C21H23FN4O2S. The van der Waals surface area contributed by atoms with Crippen LogP contribution in [-0.2, 0) is 22.6 Å². The summed E-state index contributed by atoms with van der Waals surface area (Å²) in [5.74, 6) is -1.42. The molecule has 0 saturated carbocycles. The molecule has 0 saturated heterocycles. The molecule has 3 N–H and O–H groups in total. The van der Waals surface area contributed by atoms with Crippen molar-refractivity contribution in [3.63, 3.8) is 0 Å². The fourth-order valence-corrected chi connectivity index (χ4v) is 3.97. The lowest BCUT2D eigenvalue weighted by Gasteiger charge is -2.14. The van der Waals surface area contributed by atoms with Crippen molar-refractivity contribution in [1.82, 2.24) is 14.9 Å². The quantitative estimate of drug-likeness (QED) is 0.527. The van der Waals surface area contributed by atoms with Crippen molar-refractivity contribution in [1.29, 1.82) is 0 Å². The van der Waals surface area contributed by atoms with E-state index in [1.165, 1.54) is 23.9 Å². The average molecular weight is 415 g/mol. The first kappa shape index (κ1) is 20.9. The molecule has 8 heteroatoms. The summed E-state index contributed by atoms with van der Waals surface area (Å²) in [6.45, 7) is 2.92. The minimum atomic E-state index is -0.561. The van der Waals surface area contributed by atoms with Gasteiger partial charge in [0, 0.05) is 13.1 Å². The van der Waals surface area contributed by atoms with E-state index >= 15 is 0 Å². The van der Waals surface area contributed by atoms with Crippen LogP contribution >= 0.6 is 11.8 Å². The van der Waals surface area contributed by atoms with Crippen LogP contribution in [0.3, 0.4) is 0 Å². The smallest absolute Gasteiger partial charge is 0.230 e. The van der Waals surface area contributed by atoms with Gasteiger partial charge in [-0.1, -0.05) is 36.0 Å². The maximum absolute atomic E-state index is 13.0. The van der Waals surface area contributed by atoms with Gasteiger partial charge in [-0.25, -0.2) is 9.37 Å². The molecule has 3 aromatic rings. The zero-order chi connectivity index (χ0) is 20.8. The molecule has 0 bridgehead atoms. The number of benzene rings is 2. The molecule has 1 heterocycles. The first-order chi connectivity index (χ1) is 14.0. The van der Waals surface area contributed by atoms with Gasteiger partial charge >= 0.3 is 0 Å². The van der Waals surface area contributed by atoms with E-state index in [0.717, 1.165) is 28.3 Å². The molecule has 1 atom stereocenters. The second-order valence-electron chi connectivity index (χ2n) is 6.65. The van der Waals surface area contributed by atoms with E-state index in [0.29, 0.717) is 6.42 Å². The highest BCUT2D eigenvalue weighted by Crippen LogP contribution is 2.23. The molecule has 0 spiro atoms. The summed E-state index contributed by atoms with van der Waals surface area (Å²) in [5.41, 5.74) is 8.18. The van der Waals surface area contributed by atoms with Crippen molar-refractivity contribution in [3.05, 3.63) is 59.9 Å². The Morgan fingerprint density at radius 1 is 1.21 bits per heavy atom. The van der Waals surface area contributed by atoms with E-state index in [1.54, 1.807) is 12.1 Å². The average Bonchev–Trinajstić information content (AvgIpc) is 3.08. The Bertz CT molecular complexity index is 1000. The van der Waals surface area contributed by atoms with E-state index in [2.05, 4.69) is 14.9 Å². The maximum Gasteiger partial charge on any atom is 0.230 e. The Kier molecular flexibility index (Phi) is 6.87. The van der Waals surface area contributed by atoms with Gasteiger partial charge in [0.25, 0.3) is 0 Å². The lowest BCUT2D eigenvalue weighted by Crippen LogP contribution is -2.38. The van der Waals surface area contributed by atoms with Gasteiger partial charge in [0.05, 0.1) is 22.7 Å².